The molecule has 0 radical (unpaired) electrons. The molecule has 7 heteroatoms. The van der Waals surface area contributed by atoms with Crippen molar-refractivity contribution in [2.45, 2.75) is 38.1 Å². The third kappa shape index (κ3) is 3.22. The van der Waals surface area contributed by atoms with Crippen LogP contribution in [0, 0.1) is 0 Å². The zero-order valence-corrected chi connectivity index (χ0v) is 16.4. The van der Waals surface area contributed by atoms with Crippen LogP contribution in [0.15, 0.2) is 42.9 Å². The van der Waals surface area contributed by atoms with Gasteiger partial charge in [-0.05, 0) is 31.0 Å². The summed E-state index contributed by atoms with van der Waals surface area (Å²) in [5, 5.41) is 4.62. The summed E-state index contributed by atoms with van der Waals surface area (Å²) in [5.41, 5.74) is 10.7. The largest absolute Gasteiger partial charge is 0.494 e. The van der Waals surface area contributed by atoms with E-state index in [2.05, 4.69) is 25.9 Å². The van der Waals surface area contributed by atoms with Crippen LogP contribution in [-0.4, -0.2) is 31.8 Å². The zero-order valence-electron chi connectivity index (χ0n) is 16.4. The number of nitrogen functional groups attached to an aromatic ring is 1. The molecule has 1 aliphatic rings. The number of methoxy groups -OCH3 is 1. The molecule has 0 unspecified atom stereocenters. The van der Waals surface area contributed by atoms with Crippen LogP contribution in [-0.2, 0) is 0 Å². The standard InChI is InChI=1S/C22H24N6O/c1-29-19-9-5-8-18-20(19)27-22(26-18)17-10-14(11-24-21(17)23)15-12-25-28(13-15)16-6-3-2-4-7-16/h5,8-13,16H,2-4,6-7H2,1H3,(H2,23,24)(H,26,27). The minimum Gasteiger partial charge on any atom is -0.494 e. The van der Waals surface area contributed by atoms with Gasteiger partial charge in [0.25, 0.3) is 0 Å². The summed E-state index contributed by atoms with van der Waals surface area (Å²) in [6.45, 7) is 0. The summed E-state index contributed by atoms with van der Waals surface area (Å²) in [7, 11) is 1.64. The second-order valence-corrected chi connectivity index (χ2v) is 7.60. The maximum absolute atomic E-state index is 6.19. The fraction of sp³-hybridized carbons (Fsp3) is 0.318. The first-order valence-electron chi connectivity index (χ1n) is 10.1. The zero-order chi connectivity index (χ0) is 19.8. The van der Waals surface area contributed by atoms with Gasteiger partial charge in [-0.2, -0.15) is 5.10 Å². The highest BCUT2D eigenvalue weighted by Crippen LogP contribution is 2.33. The number of pyridine rings is 1. The molecule has 0 saturated heterocycles. The number of nitrogens with two attached hydrogens (primary N) is 1. The number of imidazole rings is 1. The molecular weight excluding hydrogens is 364 g/mol. The molecule has 148 valence electrons. The molecule has 0 amide bonds. The number of nitrogens with zero attached hydrogens (tertiary/aromatic N) is 4. The third-order valence-corrected chi connectivity index (χ3v) is 5.75. The Kier molecular flexibility index (Phi) is 4.42. The van der Waals surface area contributed by atoms with E-state index in [9.17, 15) is 0 Å². The Labute approximate surface area is 168 Å². The van der Waals surface area contributed by atoms with E-state index in [0.717, 1.165) is 33.5 Å². The molecule has 4 aromatic rings. The molecule has 1 aromatic carbocycles. The number of para-hydroxylation sites is 1. The van der Waals surface area contributed by atoms with Crippen molar-refractivity contribution >= 4 is 16.9 Å². The van der Waals surface area contributed by atoms with Gasteiger partial charge in [-0.25, -0.2) is 9.97 Å². The lowest BCUT2D eigenvalue weighted by molar-refractivity contribution is 0.329. The molecule has 1 fully saturated rings. The lowest BCUT2D eigenvalue weighted by Crippen LogP contribution is -2.12. The number of rotatable bonds is 4. The number of hydrogen-bond acceptors (Lipinski definition) is 5. The molecule has 1 saturated carbocycles. The van der Waals surface area contributed by atoms with Crippen LogP contribution in [0.2, 0.25) is 0 Å². The van der Waals surface area contributed by atoms with Gasteiger partial charge >= 0.3 is 0 Å². The molecule has 0 atom stereocenters. The second kappa shape index (κ2) is 7.24. The molecule has 29 heavy (non-hydrogen) atoms. The van der Waals surface area contributed by atoms with Gasteiger partial charge in [-0.15, -0.1) is 0 Å². The summed E-state index contributed by atoms with van der Waals surface area (Å²) in [5.74, 6) is 1.84. The van der Waals surface area contributed by atoms with Crippen molar-refractivity contribution in [3.63, 3.8) is 0 Å². The molecule has 7 nitrogen and oxygen atoms in total. The van der Waals surface area contributed by atoms with Crippen molar-refractivity contribution < 1.29 is 4.74 Å². The molecule has 0 spiro atoms. The minimum atomic E-state index is 0.437. The highest BCUT2D eigenvalue weighted by Gasteiger charge is 2.18. The van der Waals surface area contributed by atoms with Gasteiger partial charge < -0.3 is 15.5 Å². The van der Waals surface area contributed by atoms with Crippen LogP contribution < -0.4 is 10.5 Å². The van der Waals surface area contributed by atoms with Gasteiger partial charge in [-0.3, -0.25) is 4.68 Å². The Bertz CT molecular complexity index is 1160. The summed E-state index contributed by atoms with van der Waals surface area (Å²) in [6, 6.07) is 8.32. The highest BCUT2D eigenvalue weighted by molar-refractivity contribution is 5.87. The van der Waals surface area contributed by atoms with Crippen molar-refractivity contribution in [2.24, 2.45) is 0 Å². The molecule has 3 heterocycles. The predicted octanol–water partition coefficient (Wildman–Crippen LogP) is 4.58. The second-order valence-electron chi connectivity index (χ2n) is 7.60. The van der Waals surface area contributed by atoms with Crippen molar-refractivity contribution in [2.75, 3.05) is 12.8 Å². The Hall–Kier alpha value is -3.35. The first-order valence-corrected chi connectivity index (χ1v) is 10.1. The van der Waals surface area contributed by atoms with E-state index in [4.69, 9.17) is 15.5 Å². The van der Waals surface area contributed by atoms with Crippen LogP contribution >= 0.6 is 0 Å². The van der Waals surface area contributed by atoms with Crippen molar-refractivity contribution in [3.8, 4) is 28.3 Å². The number of aromatic nitrogens is 5. The lowest BCUT2D eigenvalue weighted by Gasteiger charge is -2.21. The fourth-order valence-electron chi connectivity index (χ4n) is 4.15. The van der Waals surface area contributed by atoms with Gasteiger partial charge in [0, 0.05) is 23.5 Å². The van der Waals surface area contributed by atoms with Crippen LogP contribution in [0.5, 0.6) is 5.75 Å². The van der Waals surface area contributed by atoms with E-state index in [1.54, 1.807) is 13.3 Å². The lowest BCUT2D eigenvalue weighted by atomic mass is 9.96. The molecule has 1 aliphatic carbocycles. The van der Waals surface area contributed by atoms with Gasteiger partial charge in [0.05, 0.1) is 30.4 Å². The number of ether oxygens (including phenoxy) is 1. The molecule has 0 aliphatic heterocycles. The van der Waals surface area contributed by atoms with E-state index in [1.807, 2.05) is 30.5 Å². The number of aromatic amines is 1. The first-order chi connectivity index (χ1) is 14.2. The number of benzene rings is 1. The average Bonchev–Trinajstić information content (AvgIpc) is 3.42. The number of nitrogens with one attached hydrogen (secondary N) is 1. The molecule has 5 rings (SSSR count). The highest BCUT2D eigenvalue weighted by atomic mass is 16.5. The quantitative estimate of drug-likeness (QED) is 0.533. The maximum Gasteiger partial charge on any atom is 0.146 e. The summed E-state index contributed by atoms with van der Waals surface area (Å²) < 4.78 is 7.53. The van der Waals surface area contributed by atoms with Crippen LogP contribution in [0.25, 0.3) is 33.5 Å². The Morgan fingerprint density at radius 3 is 2.83 bits per heavy atom. The van der Waals surface area contributed by atoms with E-state index in [-0.39, 0.29) is 0 Å². The topological polar surface area (TPSA) is 94.6 Å². The van der Waals surface area contributed by atoms with Crippen molar-refractivity contribution in [3.05, 3.63) is 42.9 Å². The first kappa shape index (κ1) is 17.7. The Morgan fingerprint density at radius 2 is 2.00 bits per heavy atom. The number of H-pyrrole nitrogens is 1. The van der Waals surface area contributed by atoms with Gasteiger partial charge in [-0.1, -0.05) is 25.3 Å². The van der Waals surface area contributed by atoms with E-state index >= 15 is 0 Å². The number of hydrogen-bond donors (Lipinski definition) is 2. The minimum absolute atomic E-state index is 0.437. The predicted molar refractivity (Wildman–Crippen MR) is 114 cm³/mol. The van der Waals surface area contributed by atoms with Crippen LogP contribution in [0.1, 0.15) is 38.1 Å². The summed E-state index contributed by atoms with van der Waals surface area (Å²) in [4.78, 5) is 12.5. The molecule has 3 N–H and O–H groups in total. The van der Waals surface area contributed by atoms with Crippen LogP contribution in [0.3, 0.4) is 0 Å². The molecule has 0 bridgehead atoms. The van der Waals surface area contributed by atoms with Crippen LogP contribution in [0.4, 0.5) is 5.82 Å². The van der Waals surface area contributed by atoms with E-state index in [0.29, 0.717) is 17.7 Å². The van der Waals surface area contributed by atoms with Gasteiger partial charge in [0.2, 0.25) is 0 Å². The van der Waals surface area contributed by atoms with Gasteiger partial charge in [0.15, 0.2) is 0 Å². The Morgan fingerprint density at radius 1 is 1.14 bits per heavy atom. The van der Waals surface area contributed by atoms with E-state index < -0.39 is 0 Å². The van der Waals surface area contributed by atoms with Crippen molar-refractivity contribution in [1.82, 2.24) is 24.7 Å². The Balaban J connectivity index is 1.52. The molecular formula is C22H24N6O. The normalized spacial score (nSPS) is 15.1. The van der Waals surface area contributed by atoms with Gasteiger partial charge in [0.1, 0.15) is 22.9 Å². The fourth-order valence-corrected chi connectivity index (χ4v) is 4.15. The average molecular weight is 388 g/mol. The summed E-state index contributed by atoms with van der Waals surface area (Å²) in [6.07, 6.45) is 12.1. The number of anilines is 1. The molecule has 3 aromatic heterocycles. The smallest absolute Gasteiger partial charge is 0.146 e. The monoisotopic (exact) mass is 388 g/mol. The SMILES string of the molecule is COc1cccc2[nH]c(-c3cc(-c4cnn(C5CCCCC5)c4)cnc3N)nc12. The maximum atomic E-state index is 6.19. The third-order valence-electron chi connectivity index (χ3n) is 5.75. The van der Waals surface area contributed by atoms with E-state index in [1.165, 1.54) is 32.1 Å². The number of fused-ring (bicyclic) bond motifs is 1. The summed E-state index contributed by atoms with van der Waals surface area (Å²) >= 11 is 0. The van der Waals surface area contributed by atoms with Crippen molar-refractivity contribution in [1.29, 1.82) is 0 Å².